The van der Waals surface area contributed by atoms with Crippen LogP contribution in [0.4, 0.5) is 0 Å². The molecule has 2 aromatic rings. The molecule has 1 aromatic heterocycles. The van der Waals surface area contributed by atoms with Crippen molar-refractivity contribution in [2.75, 3.05) is 5.88 Å². The Morgan fingerprint density at radius 2 is 2.12 bits per heavy atom. The molecule has 0 bridgehead atoms. The van der Waals surface area contributed by atoms with Crippen molar-refractivity contribution in [2.24, 2.45) is 0 Å². The van der Waals surface area contributed by atoms with Gasteiger partial charge in [-0.3, -0.25) is 4.98 Å². The molecule has 1 atom stereocenters. The van der Waals surface area contributed by atoms with Crippen molar-refractivity contribution in [3.8, 4) is 0 Å². The lowest BCUT2D eigenvalue weighted by atomic mass is 10.1. The van der Waals surface area contributed by atoms with Crippen molar-refractivity contribution < 1.29 is 0 Å². The van der Waals surface area contributed by atoms with Gasteiger partial charge in [-0.25, -0.2) is 0 Å². The normalized spacial score (nSPS) is 12.9. The van der Waals surface area contributed by atoms with Crippen LogP contribution in [0.3, 0.4) is 0 Å². The fourth-order valence-electron chi connectivity index (χ4n) is 1.65. The first-order valence-electron chi connectivity index (χ1n) is 5.43. The highest BCUT2D eigenvalue weighted by atomic mass is 35.5. The number of aromatic nitrogens is 1. The number of nitrogens with zero attached hydrogens (tertiary/aromatic N) is 1. The summed E-state index contributed by atoms with van der Waals surface area (Å²) in [6.07, 6.45) is 1.83. The molecule has 0 fully saturated rings. The summed E-state index contributed by atoms with van der Waals surface area (Å²) >= 11 is 5.76. The molecule has 0 radical (unpaired) electrons. The smallest absolute Gasteiger partial charge is 0.0746 e. The molecule has 1 N–H and O–H groups in total. The van der Waals surface area contributed by atoms with E-state index in [9.17, 15) is 0 Å². The van der Waals surface area contributed by atoms with Crippen LogP contribution in [0.1, 0.15) is 12.5 Å². The number of para-hydroxylation sites is 1. The van der Waals surface area contributed by atoms with Gasteiger partial charge in [0, 0.05) is 30.0 Å². The van der Waals surface area contributed by atoms with E-state index in [1.54, 1.807) is 0 Å². The number of fused-ring (bicyclic) bond motifs is 1. The lowest BCUT2D eigenvalue weighted by Gasteiger charge is -2.11. The number of hydrogen-bond acceptors (Lipinski definition) is 2. The quantitative estimate of drug-likeness (QED) is 0.823. The van der Waals surface area contributed by atoms with Gasteiger partial charge < -0.3 is 5.32 Å². The van der Waals surface area contributed by atoms with Crippen molar-refractivity contribution in [3.05, 3.63) is 42.1 Å². The van der Waals surface area contributed by atoms with Gasteiger partial charge in [-0.05, 0) is 18.6 Å². The molecule has 0 aliphatic carbocycles. The van der Waals surface area contributed by atoms with E-state index < -0.39 is 0 Å². The van der Waals surface area contributed by atoms with Crippen molar-refractivity contribution in [1.82, 2.24) is 10.3 Å². The van der Waals surface area contributed by atoms with Gasteiger partial charge in [-0.2, -0.15) is 0 Å². The third-order valence-corrected chi connectivity index (χ3v) is 3.05. The molecule has 0 amide bonds. The Labute approximate surface area is 101 Å². The number of nitrogens with one attached hydrogen (secondary N) is 1. The Balaban J connectivity index is 2.23. The summed E-state index contributed by atoms with van der Waals surface area (Å²) in [5.74, 6) is 0.623. The molecular formula is C13H15ClN2. The van der Waals surface area contributed by atoms with Crippen LogP contribution in [0.2, 0.25) is 0 Å². The number of hydrogen-bond donors (Lipinski definition) is 1. The first kappa shape index (κ1) is 11.4. The van der Waals surface area contributed by atoms with Crippen LogP contribution in [0.25, 0.3) is 10.9 Å². The molecule has 3 heteroatoms. The fraction of sp³-hybridized carbons (Fsp3) is 0.308. The predicted molar refractivity (Wildman–Crippen MR) is 68.8 cm³/mol. The zero-order valence-corrected chi connectivity index (χ0v) is 10.0. The maximum Gasteiger partial charge on any atom is 0.0746 e. The maximum absolute atomic E-state index is 5.76. The van der Waals surface area contributed by atoms with Crippen LogP contribution < -0.4 is 5.32 Å². The lowest BCUT2D eigenvalue weighted by molar-refractivity contribution is 0.595. The summed E-state index contributed by atoms with van der Waals surface area (Å²) in [6, 6.07) is 10.6. The van der Waals surface area contributed by atoms with Gasteiger partial charge in [0.15, 0.2) is 0 Å². The van der Waals surface area contributed by atoms with Crippen LogP contribution in [0, 0.1) is 0 Å². The summed E-state index contributed by atoms with van der Waals surface area (Å²) in [7, 11) is 0. The van der Waals surface area contributed by atoms with Crippen LogP contribution in [0.5, 0.6) is 0 Å². The third kappa shape index (κ3) is 2.52. The third-order valence-electron chi connectivity index (χ3n) is 2.59. The monoisotopic (exact) mass is 234 g/mol. The van der Waals surface area contributed by atoms with Crippen LogP contribution in [-0.4, -0.2) is 16.9 Å². The molecule has 0 saturated carbocycles. The Morgan fingerprint density at radius 3 is 2.94 bits per heavy atom. The van der Waals surface area contributed by atoms with Crippen molar-refractivity contribution in [3.63, 3.8) is 0 Å². The molecular weight excluding hydrogens is 220 g/mol. The molecule has 0 spiro atoms. The Hall–Kier alpha value is -1.12. The van der Waals surface area contributed by atoms with E-state index in [4.69, 9.17) is 11.6 Å². The van der Waals surface area contributed by atoms with Gasteiger partial charge in [-0.1, -0.05) is 24.3 Å². The maximum atomic E-state index is 5.76. The Kier molecular flexibility index (Phi) is 3.75. The van der Waals surface area contributed by atoms with Gasteiger partial charge in [0.2, 0.25) is 0 Å². The van der Waals surface area contributed by atoms with Crippen molar-refractivity contribution in [2.45, 2.75) is 19.5 Å². The summed E-state index contributed by atoms with van der Waals surface area (Å²) in [5.41, 5.74) is 2.29. The van der Waals surface area contributed by atoms with Crippen LogP contribution in [0.15, 0.2) is 36.5 Å². The Bertz CT molecular complexity index is 465. The average molecular weight is 235 g/mol. The zero-order valence-electron chi connectivity index (χ0n) is 9.28. The predicted octanol–water partition coefficient (Wildman–Crippen LogP) is 2.95. The molecule has 0 aliphatic rings. The van der Waals surface area contributed by atoms with Crippen molar-refractivity contribution >= 4 is 22.5 Å². The fourth-order valence-corrected chi connectivity index (χ4v) is 1.76. The highest BCUT2D eigenvalue weighted by molar-refractivity contribution is 6.18. The average Bonchev–Trinajstić information content (AvgIpc) is 2.35. The summed E-state index contributed by atoms with van der Waals surface area (Å²) in [4.78, 5) is 4.41. The number of rotatable bonds is 4. The minimum absolute atomic E-state index is 0.320. The Morgan fingerprint density at radius 1 is 1.31 bits per heavy atom. The topological polar surface area (TPSA) is 24.9 Å². The first-order valence-corrected chi connectivity index (χ1v) is 5.96. The van der Waals surface area contributed by atoms with Gasteiger partial charge in [0.25, 0.3) is 0 Å². The SMILES string of the molecule is CC(CCl)NCc1cccc2cccnc12. The molecule has 84 valence electrons. The van der Waals surface area contributed by atoms with E-state index in [0.717, 1.165) is 12.1 Å². The van der Waals surface area contributed by atoms with E-state index in [1.807, 2.05) is 12.3 Å². The molecule has 2 rings (SSSR count). The van der Waals surface area contributed by atoms with Crippen LogP contribution in [-0.2, 0) is 6.54 Å². The minimum Gasteiger partial charge on any atom is -0.309 e. The largest absolute Gasteiger partial charge is 0.309 e. The molecule has 1 heterocycles. The van der Waals surface area contributed by atoms with E-state index in [0.29, 0.717) is 11.9 Å². The molecule has 1 unspecified atom stereocenters. The van der Waals surface area contributed by atoms with Gasteiger partial charge in [0.1, 0.15) is 0 Å². The summed E-state index contributed by atoms with van der Waals surface area (Å²) in [5, 5.41) is 4.55. The molecule has 1 aromatic carbocycles. The van der Waals surface area contributed by atoms with E-state index in [2.05, 4.69) is 41.5 Å². The second-order valence-corrected chi connectivity index (χ2v) is 4.24. The standard InChI is InChI=1S/C13H15ClN2/c1-10(8-14)16-9-12-5-2-4-11-6-3-7-15-13(11)12/h2-7,10,16H,8-9H2,1H3. The van der Waals surface area contributed by atoms with Gasteiger partial charge in [-0.15, -0.1) is 11.6 Å². The van der Waals surface area contributed by atoms with E-state index in [-0.39, 0.29) is 0 Å². The number of halogens is 1. The summed E-state index contributed by atoms with van der Waals surface area (Å²) in [6.45, 7) is 2.88. The molecule has 2 nitrogen and oxygen atoms in total. The summed E-state index contributed by atoms with van der Waals surface area (Å²) < 4.78 is 0. The van der Waals surface area contributed by atoms with Crippen molar-refractivity contribution in [1.29, 1.82) is 0 Å². The van der Waals surface area contributed by atoms with Crippen LogP contribution >= 0.6 is 11.6 Å². The molecule has 0 saturated heterocycles. The zero-order chi connectivity index (χ0) is 11.4. The first-order chi connectivity index (χ1) is 7.81. The highest BCUT2D eigenvalue weighted by Gasteiger charge is 2.03. The highest BCUT2D eigenvalue weighted by Crippen LogP contribution is 2.15. The van der Waals surface area contributed by atoms with E-state index in [1.165, 1.54) is 10.9 Å². The molecule has 16 heavy (non-hydrogen) atoms. The van der Waals surface area contributed by atoms with Gasteiger partial charge in [0.05, 0.1) is 5.52 Å². The van der Waals surface area contributed by atoms with Gasteiger partial charge >= 0.3 is 0 Å². The minimum atomic E-state index is 0.320. The second kappa shape index (κ2) is 5.28. The molecule has 0 aliphatic heterocycles. The number of alkyl halides is 1. The second-order valence-electron chi connectivity index (χ2n) is 3.93. The lowest BCUT2D eigenvalue weighted by Crippen LogP contribution is -2.26. The number of benzene rings is 1. The van der Waals surface area contributed by atoms with E-state index >= 15 is 0 Å². The number of pyridine rings is 1.